The molecule has 0 aliphatic rings. The molecule has 4 rings (SSSR count). The molecule has 8 nitrogen and oxygen atoms in total. The van der Waals surface area contributed by atoms with Gasteiger partial charge in [0.1, 0.15) is 0 Å². The monoisotopic (exact) mass is 465 g/mol. The lowest BCUT2D eigenvalue weighted by Crippen LogP contribution is -2.34. The number of nitrogens with zero attached hydrogens (tertiary/aromatic N) is 2. The highest BCUT2D eigenvalue weighted by Crippen LogP contribution is 2.27. The van der Waals surface area contributed by atoms with Gasteiger partial charge in [0.2, 0.25) is 10.0 Å². The first-order valence-corrected chi connectivity index (χ1v) is 12.3. The van der Waals surface area contributed by atoms with Crippen LogP contribution in [0.4, 0.5) is 5.69 Å². The minimum Gasteiger partial charge on any atom is -0.384 e. The topological polar surface area (TPSA) is 109 Å². The van der Waals surface area contributed by atoms with Gasteiger partial charge in [-0.15, -0.1) is 0 Å². The molecule has 33 heavy (non-hydrogen) atoms. The standard InChI is InChI=1S/C24H27N5O3S/c1-17-22-13-19(8-9-23(22)29-28-17)20-12-21(15-25-14-20)27-24(18-6-4-3-5-7-18)16-26-33(30,31)11-10-32-2/h3-9,12-15,24,26-27H,10-11,16H2,1-2H3,(H,28,29)/t24-/m0/s1. The molecule has 0 saturated heterocycles. The number of benzene rings is 2. The molecule has 9 heteroatoms. The maximum Gasteiger partial charge on any atom is 0.213 e. The molecule has 172 valence electrons. The number of H-pyrrole nitrogens is 1. The van der Waals surface area contributed by atoms with Crippen molar-refractivity contribution in [2.45, 2.75) is 13.0 Å². The summed E-state index contributed by atoms with van der Waals surface area (Å²) >= 11 is 0. The van der Waals surface area contributed by atoms with Crippen molar-refractivity contribution in [3.63, 3.8) is 0 Å². The SMILES string of the molecule is COCCS(=O)(=O)NC[C@H](Nc1cncc(-c2ccc3n[nH]c(C)c3c2)c1)c1ccccc1. The lowest BCUT2D eigenvalue weighted by molar-refractivity contribution is 0.217. The van der Waals surface area contributed by atoms with E-state index in [9.17, 15) is 8.42 Å². The fraction of sp³-hybridized carbons (Fsp3) is 0.250. The maximum absolute atomic E-state index is 12.3. The Morgan fingerprint density at radius 1 is 1.06 bits per heavy atom. The Morgan fingerprint density at radius 3 is 2.67 bits per heavy atom. The van der Waals surface area contributed by atoms with Crippen molar-refractivity contribution in [2.24, 2.45) is 0 Å². The molecule has 0 saturated carbocycles. The van der Waals surface area contributed by atoms with Crippen LogP contribution in [-0.2, 0) is 14.8 Å². The largest absolute Gasteiger partial charge is 0.384 e. The van der Waals surface area contributed by atoms with Crippen molar-refractivity contribution >= 4 is 26.6 Å². The van der Waals surface area contributed by atoms with Crippen molar-refractivity contribution in [1.29, 1.82) is 0 Å². The Labute approximate surface area is 193 Å². The first-order valence-electron chi connectivity index (χ1n) is 10.6. The zero-order valence-corrected chi connectivity index (χ0v) is 19.4. The van der Waals surface area contributed by atoms with Crippen LogP contribution in [0.15, 0.2) is 67.0 Å². The van der Waals surface area contributed by atoms with Crippen molar-refractivity contribution in [2.75, 3.05) is 31.3 Å². The van der Waals surface area contributed by atoms with Crippen molar-refractivity contribution in [1.82, 2.24) is 19.9 Å². The van der Waals surface area contributed by atoms with Gasteiger partial charge in [-0.1, -0.05) is 36.4 Å². The molecule has 0 unspecified atom stereocenters. The van der Waals surface area contributed by atoms with Crippen molar-refractivity contribution < 1.29 is 13.2 Å². The third kappa shape index (κ3) is 5.75. The fourth-order valence-electron chi connectivity index (χ4n) is 3.61. The smallest absolute Gasteiger partial charge is 0.213 e. The molecule has 0 bridgehead atoms. The number of anilines is 1. The van der Waals surface area contributed by atoms with Gasteiger partial charge >= 0.3 is 0 Å². The summed E-state index contributed by atoms with van der Waals surface area (Å²) in [6.45, 7) is 2.33. The number of sulfonamides is 1. The molecule has 1 atom stereocenters. The molecule has 0 spiro atoms. The van der Waals surface area contributed by atoms with Crippen LogP contribution in [0.1, 0.15) is 17.3 Å². The van der Waals surface area contributed by atoms with Crippen LogP contribution in [0, 0.1) is 6.92 Å². The quantitative estimate of drug-likeness (QED) is 0.330. The third-order valence-electron chi connectivity index (χ3n) is 5.42. The van der Waals surface area contributed by atoms with Gasteiger partial charge in [0, 0.05) is 42.7 Å². The second kappa shape index (κ2) is 10.1. The Balaban J connectivity index is 1.57. The first-order chi connectivity index (χ1) is 15.9. The molecule has 0 fully saturated rings. The molecule has 2 aromatic heterocycles. The maximum atomic E-state index is 12.3. The molecular formula is C24H27N5O3S. The zero-order valence-electron chi connectivity index (χ0n) is 18.6. The predicted octanol–water partition coefficient (Wildman–Crippen LogP) is 3.65. The van der Waals surface area contributed by atoms with E-state index in [2.05, 4.69) is 31.3 Å². The Morgan fingerprint density at radius 2 is 1.88 bits per heavy atom. The second-order valence-corrected chi connectivity index (χ2v) is 9.74. The van der Waals surface area contributed by atoms with Crippen LogP contribution >= 0.6 is 0 Å². The van der Waals surface area contributed by atoms with E-state index in [1.165, 1.54) is 7.11 Å². The number of fused-ring (bicyclic) bond motifs is 1. The molecule has 0 aliphatic heterocycles. The van der Waals surface area contributed by atoms with E-state index in [-0.39, 0.29) is 24.9 Å². The van der Waals surface area contributed by atoms with Gasteiger partial charge in [-0.3, -0.25) is 10.1 Å². The van der Waals surface area contributed by atoms with Gasteiger partial charge in [0.25, 0.3) is 0 Å². The van der Waals surface area contributed by atoms with Gasteiger partial charge in [0.05, 0.1) is 29.6 Å². The van der Waals surface area contributed by atoms with Gasteiger partial charge in [0.15, 0.2) is 0 Å². The van der Waals surface area contributed by atoms with Gasteiger partial charge in [-0.25, -0.2) is 13.1 Å². The summed E-state index contributed by atoms with van der Waals surface area (Å²) in [4.78, 5) is 4.41. The van der Waals surface area contributed by atoms with Gasteiger partial charge in [-0.05, 0) is 36.2 Å². The number of hydrogen-bond donors (Lipinski definition) is 3. The van der Waals surface area contributed by atoms with E-state index in [0.717, 1.165) is 39.0 Å². The number of nitrogens with one attached hydrogen (secondary N) is 3. The summed E-state index contributed by atoms with van der Waals surface area (Å²) in [6.07, 6.45) is 3.55. The Hall–Kier alpha value is -3.27. The number of hydrogen-bond acceptors (Lipinski definition) is 6. The number of ether oxygens (including phenoxy) is 1. The summed E-state index contributed by atoms with van der Waals surface area (Å²) in [5, 5.41) is 11.8. The molecule has 3 N–H and O–H groups in total. The second-order valence-electron chi connectivity index (χ2n) is 7.81. The van der Waals surface area contributed by atoms with E-state index < -0.39 is 10.0 Å². The number of aromatic amines is 1. The van der Waals surface area contributed by atoms with Gasteiger partial charge < -0.3 is 10.1 Å². The number of aromatic nitrogens is 3. The highest BCUT2D eigenvalue weighted by atomic mass is 32.2. The molecule has 2 aromatic carbocycles. The molecule has 0 amide bonds. The third-order valence-corrected chi connectivity index (χ3v) is 6.73. The van der Waals surface area contributed by atoms with E-state index in [1.807, 2.05) is 61.7 Å². The van der Waals surface area contributed by atoms with Crippen molar-refractivity contribution in [3.8, 4) is 11.1 Å². The number of aryl methyl sites for hydroxylation is 1. The van der Waals surface area contributed by atoms with E-state index >= 15 is 0 Å². The number of rotatable bonds is 10. The fourth-order valence-corrected chi connectivity index (χ4v) is 4.56. The Bertz CT molecular complexity index is 1320. The number of methoxy groups -OCH3 is 1. The summed E-state index contributed by atoms with van der Waals surface area (Å²) in [5.74, 6) is -0.0854. The highest BCUT2D eigenvalue weighted by molar-refractivity contribution is 7.89. The van der Waals surface area contributed by atoms with Crippen LogP contribution in [0.25, 0.3) is 22.0 Å². The minimum atomic E-state index is -3.45. The summed E-state index contributed by atoms with van der Waals surface area (Å²) < 4.78 is 32.2. The van der Waals surface area contributed by atoms with Crippen LogP contribution < -0.4 is 10.0 Å². The molecule has 4 aromatic rings. The summed E-state index contributed by atoms with van der Waals surface area (Å²) in [6, 6.07) is 17.5. The first kappa shape index (κ1) is 22.9. The summed E-state index contributed by atoms with van der Waals surface area (Å²) in [5.41, 5.74) is 5.67. The highest BCUT2D eigenvalue weighted by Gasteiger charge is 2.17. The molecule has 2 heterocycles. The van der Waals surface area contributed by atoms with Crippen LogP contribution in [-0.4, -0.2) is 49.6 Å². The summed E-state index contributed by atoms with van der Waals surface area (Å²) in [7, 11) is -1.97. The molecular weight excluding hydrogens is 438 g/mol. The average molecular weight is 466 g/mol. The van der Waals surface area contributed by atoms with Crippen molar-refractivity contribution in [3.05, 3.63) is 78.2 Å². The van der Waals surface area contributed by atoms with E-state index in [4.69, 9.17) is 4.74 Å². The normalized spacial score (nSPS) is 12.7. The average Bonchev–Trinajstić information content (AvgIpc) is 3.21. The predicted molar refractivity (Wildman–Crippen MR) is 131 cm³/mol. The van der Waals surface area contributed by atoms with E-state index in [1.54, 1.807) is 6.20 Å². The number of pyridine rings is 1. The Kier molecular flexibility index (Phi) is 7.02. The lowest BCUT2D eigenvalue weighted by Gasteiger charge is -2.21. The zero-order chi connectivity index (χ0) is 23.3. The van der Waals surface area contributed by atoms with E-state index in [0.29, 0.717) is 0 Å². The van der Waals surface area contributed by atoms with Gasteiger partial charge in [-0.2, -0.15) is 5.10 Å². The van der Waals surface area contributed by atoms with Crippen LogP contribution in [0.3, 0.4) is 0 Å². The molecule has 0 aliphatic carbocycles. The van der Waals surface area contributed by atoms with Crippen LogP contribution in [0.2, 0.25) is 0 Å². The molecule has 0 radical (unpaired) electrons. The lowest BCUT2D eigenvalue weighted by atomic mass is 10.0. The van der Waals surface area contributed by atoms with Crippen LogP contribution in [0.5, 0.6) is 0 Å². The minimum absolute atomic E-state index is 0.0854.